The molecule has 3 rings (SSSR count). The van der Waals surface area contributed by atoms with Crippen LogP contribution in [0.1, 0.15) is 13.8 Å². The van der Waals surface area contributed by atoms with E-state index in [2.05, 4.69) is 20.9 Å². The quantitative estimate of drug-likeness (QED) is 0.682. The maximum Gasteiger partial charge on any atom is 0.332 e. The van der Waals surface area contributed by atoms with Gasteiger partial charge in [0.2, 0.25) is 0 Å². The molecule has 0 bridgehead atoms. The highest BCUT2D eigenvalue weighted by Crippen LogP contribution is 2.30. The Bertz CT molecular complexity index is 1080. The summed E-state index contributed by atoms with van der Waals surface area (Å²) in [6.45, 7) is 4.42. The fourth-order valence-electron chi connectivity index (χ4n) is 2.71. The fourth-order valence-corrected chi connectivity index (χ4v) is 3.92. The number of nitrogen functional groups attached to an aromatic ring is 1. The van der Waals surface area contributed by atoms with Crippen LogP contribution >= 0.6 is 27.3 Å². The number of hydrogen-bond acceptors (Lipinski definition) is 5. The number of benzene rings is 1. The highest BCUT2D eigenvalue weighted by molar-refractivity contribution is 9.10. The van der Waals surface area contributed by atoms with Gasteiger partial charge in [-0.15, -0.1) is 11.3 Å². The number of thiazole rings is 1. The van der Waals surface area contributed by atoms with E-state index in [1.807, 2.05) is 38.1 Å². The van der Waals surface area contributed by atoms with Gasteiger partial charge in [-0.05, 0) is 18.1 Å². The Labute approximate surface area is 163 Å². The van der Waals surface area contributed by atoms with Crippen LogP contribution < -0.4 is 17.0 Å². The molecule has 0 saturated carbocycles. The van der Waals surface area contributed by atoms with Gasteiger partial charge in [0.1, 0.15) is 16.4 Å². The molecular weight excluding hydrogens is 416 g/mol. The van der Waals surface area contributed by atoms with Gasteiger partial charge in [0.25, 0.3) is 5.56 Å². The maximum atomic E-state index is 12.7. The molecule has 0 fully saturated rings. The van der Waals surface area contributed by atoms with Crippen molar-refractivity contribution in [1.82, 2.24) is 14.1 Å². The Morgan fingerprint density at radius 1 is 1.31 bits per heavy atom. The average Bonchev–Trinajstić information content (AvgIpc) is 3.06. The number of nitrogens with zero attached hydrogens (tertiary/aromatic N) is 3. The van der Waals surface area contributed by atoms with E-state index in [9.17, 15) is 9.59 Å². The second-order valence-corrected chi connectivity index (χ2v) is 8.23. The minimum atomic E-state index is -0.432. The lowest BCUT2D eigenvalue weighted by Gasteiger charge is -2.15. The largest absolute Gasteiger partial charge is 0.384 e. The first-order valence-corrected chi connectivity index (χ1v) is 9.78. The smallest absolute Gasteiger partial charge is 0.332 e. The molecule has 0 saturated heterocycles. The van der Waals surface area contributed by atoms with Gasteiger partial charge >= 0.3 is 5.69 Å². The second-order valence-electron chi connectivity index (χ2n) is 6.46. The van der Waals surface area contributed by atoms with Crippen LogP contribution in [0.3, 0.4) is 0 Å². The molecule has 0 aliphatic heterocycles. The summed E-state index contributed by atoms with van der Waals surface area (Å²) in [4.78, 5) is 29.7. The van der Waals surface area contributed by atoms with Crippen molar-refractivity contribution in [3.8, 4) is 21.8 Å². The van der Waals surface area contributed by atoms with Crippen LogP contribution in [0.25, 0.3) is 21.8 Å². The third-order valence-electron chi connectivity index (χ3n) is 3.96. The van der Waals surface area contributed by atoms with Crippen LogP contribution in [-0.2, 0) is 13.6 Å². The summed E-state index contributed by atoms with van der Waals surface area (Å²) in [6, 6.07) is 7.78. The minimum Gasteiger partial charge on any atom is -0.384 e. The first-order chi connectivity index (χ1) is 12.3. The van der Waals surface area contributed by atoms with Gasteiger partial charge in [0.15, 0.2) is 0 Å². The third-order valence-corrected chi connectivity index (χ3v) is 5.35. The van der Waals surface area contributed by atoms with Crippen molar-refractivity contribution in [3.05, 3.63) is 55.0 Å². The van der Waals surface area contributed by atoms with E-state index >= 15 is 0 Å². The Morgan fingerprint density at radius 3 is 2.69 bits per heavy atom. The monoisotopic (exact) mass is 434 g/mol. The van der Waals surface area contributed by atoms with Crippen molar-refractivity contribution >= 4 is 33.1 Å². The molecule has 6 nitrogen and oxygen atoms in total. The van der Waals surface area contributed by atoms with E-state index in [1.54, 1.807) is 5.38 Å². The van der Waals surface area contributed by atoms with Crippen LogP contribution in [0.15, 0.2) is 43.7 Å². The lowest BCUT2D eigenvalue weighted by Crippen LogP contribution is -2.41. The van der Waals surface area contributed by atoms with Crippen molar-refractivity contribution in [1.29, 1.82) is 0 Å². The molecule has 1 aromatic carbocycles. The Balaban J connectivity index is 2.17. The van der Waals surface area contributed by atoms with Crippen molar-refractivity contribution < 1.29 is 0 Å². The normalized spacial score (nSPS) is 11.3. The molecule has 0 amide bonds. The molecular formula is C18H19BrN4O2S. The van der Waals surface area contributed by atoms with Crippen LogP contribution in [0, 0.1) is 5.92 Å². The SMILES string of the molecule is CC(C)Cn1c(N)c(-c2csc(-c3cccc(Br)c3)n2)c(=O)n(C)c1=O. The molecule has 2 N–H and O–H groups in total. The zero-order valence-electron chi connectivity index (χ0n) is 14.7. The van der Waals surface area contributed by atoms with Crippen molar-refractivity contribution in [2.45, 2.75) is 20.4 Å². The summed E-state index contributed by atoms with van der Waals surface area (Å²) < 4.78 is 3.48. The average molecular weight is 435 g/mol. The van der Waals surface area contributed by atoms with Gasteiger partial charge in [-0.3, -0.25) is 13.9 Å². The molecule has 2 heterocycles. The zero-order valence-corrected chi connectivity index (χ0v) is 17.1. The van der Waals surface area contributed by atoms with Crippen LogP contribution in [0.2, 0.25) is 0 Å². The van der Waals surface area contributed by atoms with E-state index in [0.29, 0.717) is 12.2 Å². The van der Waals surface area contributed by atoms with Crippen LogP contribution in [0.4, 0.5) is 5.82 Å². The third kappa shape index (κ3) is 3.39. The van der Waals surface area contributed by atoms with Gasteiger partial charge in [0, 0.05) is 29.0 Å². The molecule has 136 valence electrons. The van der Waals surface area contributed by atoms with E-state index in [0.717, 1.165) is 19.6 Å². The maximum absolute atomic E-state index is 12.7. The van der Waals surface area contributed by atoms with E-state index < -0.39 is 11.2 Å². The predicted molar refractivity (Wildman–Crippen MR) is 109 cm³/mol. The summed E-state index contributed by atoms with van der Waals surface area (Å²) in [5.41, 5.74) is 7.07. The predicted octanol–water partition coefficient (Wildman–Crippen LogP) is 3.34. The molecule has 26 heavy (non-hydrogen) atoms. The first kappa shape index (κ1) is 18.6. The molecule has 8 heteroatoms. The van der Waals surface area contributed by atoms with E-state index in [4.69, 9.17) is 5.73 Å². The van der Waals surface area contributed by atoms with E-state index in [-0.39, 0.29) is 17.3 Å². The standard InChI is InChI=1S/C18H19BrN4O2S/c1-10(2)8-23-15(20)14(17(24)22(3)18(23)25)13-9-26-16(21-13)11-5-4-6-12(19)7-11/h4-7,9-10H,8,20H2,1-3H3. The first-order valence-electron chi connectivity index (χ1n) is 8.10. The highest BCUT2D eigenvalue weighted by atomic mass is 79.9. The Hall–Kier alpha value is -2.19. The summed E-state index contributed by atoms with van der Waals surface area (Å²) in [7, 11) is 1.46. The molecule has 0 radical (unpaired) electrons. The van der Waals surface area contributed by atoms with Gasteiger partial charge in [0.05, 0.1) is 5.69 Å². The fraction of sp³-hybridized carbons (Fsp3) is 0.278. The number of nitrogens with two attached hydrogens (primary N) is 1. The number of anilines is 1. The van der Waals surface area contributed by atoms with Crippen molar-refractivity contribution in [3.63, 3.8) is 0 Å². The molecule has 0 unspecified atom stereocenters. The van der Waals surface area contributed by atoms with Gasteiger partial charge in [-0.1, -0.05) is 41.9 Å². The van der Waals surface area contributed by atoms with Gasteiger partial charge in [-0.2, -0.15) is 0 Å². The van der Waals surface area contributed by atoms with Crippen molar-refractivity contribution in [2.24, 2.45) is 13.0 Å². The van der Waals surface area contributed by atoms with Gasteiger partial charge < -0.3 is 5.73 Å². The summed E-state index contributed by atoms with van der Waals surface area (Å²) >= 11 is 4.88. The number of halogens is 1. The molecule has 0 spiro atoms. The molecule has 2 aromatic heterocycles. The molecule has 0 atom stereocenters. The summed E-state index contributed by atoms with van der Waals surface area (Å²) in [6.07, 6.45) is 0. The molecule has 3 aromatic rings. The Kier molecular flexibility index (Phi) is 5.15. The molecule has 0 aliphatic carbocycles. The summed E-state index contributed by atoms with van der Waals surface area (Å²) in [5, 5.41) is 2.58. The van der Waals surface area contributed by atoms with Gasteiger partial charge in [-0.25, -0.2) is 9.78 Å². The lowest BCUT2D eigenvalue weighted by atomic mass is 10.2. The molecule has 0 aliphatic rings. The number of aromatic nitrogens is 3. The highest BCUT2D eigenvalue weighted by Gasteiger charge is 2.20. The number of hydrogen-bond donors (Lipinski definition) is 1. The zero-order chi connectivity index (χ0) is 19.0. The minimum absolute atomic E-state index is 0.165. The second kappa shape index (κ2) is 7.20. The lowest BCUT2D eigenvalue weighted by molar-refractivity contribution is 0.494. The van der Waals surface area contributed by atoms with Crippen LogP contribution in [-0.4, -0.2) is 14.1 Å². The van der Waals surface area contributed by atoms with Crippen molar-refractivity contribution in [2.75, 3.05) is 5.73 Å². The van der Waals surface area contributed by atoms with E-state index in [1.165, 1.54) is 23.0 Å². The topological polar surface area (TPSA) is 82.9 Å². The Morgan fingerprint density at radius 2 is 2.04 bits per heavy atom. The van der Waals surface area contributed by atoms with Crippen LogP contribution in [0.5, 0.6) is 0 Å². The summed E-state index contributed by atoms with van der Waals surface area (Å²) in [5.74, 6) is 0.380. The number of rotatable bonds is 4.